The van der Waals surface area contributed by atoms with Crippen molar-refractivity contribution in [3.8, 4) is 0 Å². The van der Waals surface area contributed by atoms with Crippen LogP contribution in [0, 0.1) is 0 Å². The van der Waals surface area contributed by atoms with E-state index in [9.17, 15) is 4.79 Å². The van der Waals surface area contributed by atoms with Crippen LogP contribution in [0.4, 0.5) is 4.79 Å². The first-order chi connectivity index (χ1) is 11.6. The van der Waals surface area contributed by atoms with Crippen molar-refractivity contribution in [1.82, 2.24) is 14.7 Å². The highest BCUT2D eigenvalue weighted by Crippen LogP contribution is 2.37. The van der Waals surface area contributed by atoms with Crippen LogP contribution in [0.15, 0.2) is 0 Å². The number of carbonyl (C=O) groups excluding carboxylic acids is 1. The highest BCUT2D eigenvalue weighted by atomic mass is 16.6. The lowest BCUT2D eigenvalue weighted by molar-refractivity contribution is -0.112. The summed E-state index contributed by atoms with van der Waals surface area (Å²) in [5, 5.41) is 0. The summed E-state index contributed by atoms with van der Waals surface area (Å²) >= 11 is 0. The van der Waals surface area contributed by atoms with E-state index in [2.05, 4.69) is 30.9 Å². The van der Waals surface area contributed by atoms with Crippen LogP contribution in [0.1, 0.15) is 52.9 Å². The van der Waals surface area contributed by atoms with Gasteiger partial charge in [0.1, 0.15) is 11.3 Å². The number of piperidine rings is 1. The van der Waals surface area contributed by atoms with E-state index >= 15 is 0 Å². The third-order valence-electron chi connectivity index (χ3n) is 5.32. The Balaban J connectivity index is 1.79. The van der Waals surface area contributed by atoms with Crippen LogP contribution >= 0.6 is 0 Å². The van der Waals surface area contributed by atoms with Crippen LogP contribution in [0.3, 0.4) is 0 Å². The van der Waals surface area contributed by atoms with E-state index in [0.717, 1.165) is 26.0 Å². The molecule has 25 heavy (non-hydrogen) atoms. The minimum Gasteiger partial charge on any atom is -0.444 e. The normalized spacial score (nSPS) is 24.3. The molecule has 0 bridgehead atoms. The molecule has 1 amide bonds. The summed E-state index contributed by atoms with van der Waals surface area (Å²) in [6.07, 6.45) is 5.16. The second-order valence-electron chi connectivity index (χ2n) is 8.79. The molecule has 0 N–H and O–H groups in total. The zero-order valence-corrected chi connectivity index (χ0v) is 17.0. The van der Waals surface area contributed by atoms with Gasteiger partial charge in [-0.25, -0.2) is 4.79 Å². The Labute approximate surface area is 153 Å². The second-order valence-corrected chi connectivity index (χ2v) is 8.79. The van der Waals surface area contributed by atoms with Crippen LogP contribution in [-0.2, 0) is 9.47 Å². The van der Waals surface area contributed by atoms with E-state index < -0.39 is 5.60 Å². The first-order valence-electron chi connectivity index (χ1n) is 9.62. The Kier molecular flexibility index (Phi) is 6.74. The number of likely N-dealkylation sites (N-methyl/N-ethyl adjacent to an activating group) is 1. The van der Waals surface area contributed by atoms with Gasteiger partial charge < -0.3 is 19.3 Å². The van der Waals surface area contributed by atoms with Gasteiger partial charge in [-0.1, -0.05) is 6.42 Å². The van der Waals surface area contributed by atoms with Crippen molar-refractivity contribution in [2.45, 2.75) is 70.2 Å². The number of amides is 1. The van der Waals surface area contributed by atoms with Gasteiger partial charge in [0.25, 0.3) is 0 Å². The smallest absolute Gasteiger partial charge is 0.410 e. The molecule has 0 aromatic rings. The summed E-state index contributed by atoms with van der Waals surface area (Å²) in [4.78, 5) is 18.7. The van der Waals surface area contributed by atoms with Crippen molar-refractivity contribution in [1.29, 1.82) is 0 Å². The van der Waals surface area contributed by atoms with Crippen LogP contribution in [0.5, 0.6) is 0 Å². The SMILES string of the molecule is CN(C)CCCCC1COC2(CCN(C(=O)OC(C)(C)C)CC2)N1C. The van der Waals surface area contributed by atoms with Crippen molar-refractivity contribution in [2.75, 3.05) is 47.4 Å². The molecule has 0 saturated carbocycles. The zero-order valence-electron chi connectivity index (χ0n) is 17.0. The lowest BCUT2D eigenvalue weighted by Crippen LogP contribution is -2.54. The molecule has 2 saturated heterocycles. The molecule has 6 nitrogen and oxygen atoms in total. The van der Waals surface area contributed by atoms with Gasteiger partial charge in [0, 0.05) is 32.0 Å². The van der Waals surface area contributed by atoms with Gasteiger partial charge >= 0.3 is 6.09 Å². The van der Waals surface area contributed by atoms with Gasteiger partial charge in [-0.3, -0.25) is 4.90 Å². The predicted octanol–water partition coefficient (Wildman–Crippen LogP) is 2.78. The molecule has 2 fully saturated rings. The Morgan fingerprint density at radius 2 is 1.88 bits per heavy atom. The lowest BCUT2D eigenvalue weighted by Gasteiger charge is -2.43. The summed E-state index contributed by atoms with van der Waals surface area (Å²) in [7, 11) is 6.43. The third kappa shape index (κ3) is 5.56. The van der Waals surface area contributed by atoms with Crippen molar-refractivity contribution in [3.05, 3.63) is 0 Å². The van der Waals surface area contributed by atoms with Crippen molar-refractivity contribution >= 4 is 6.09 Å². The monoisotopic (exact) mass is 355 g/mol. The average Bonchev–Trinajstić information content (AvgIpc) is 2.80. The van der Waals surface area contributed by atoms with E-state index in [4.69, 9.17) is 9.47 Å². The van der Waals surface area contributed by atoms with Gasteiger partial charge in [-0.05, 0) is 61.3 Å². The number of likely N-dealkylation sites (tertiary alicyclic amines) is 1. The molecular formula is C19H37N3O3. The molecule has 0 radical (unpaired) electrons. The van der Waals surface area contributed by atoms with E-state index in [1.54, 1.807) is 0 Å². The molecule has 0 aliphatic carbocycles. The number of hydrogen-bond donors (Lipinski definition) is 0. The molecule has 1 spiro atoms. The summed E-state index contributed by atoms with van der Waals surface area (Å²) in [5.41, 5.74) is -0.630. The Bertz CT molecular complexity index is 440. The standard InChI is InChI=1S/C19H37N3O3/c1-18(2,3)25-17(23)22-13-10-19(11-14-22)21(6)16(15-24-19)9-7-8-12-20(4)5/h16H,7-15H2,1-6H3. The molecule has 146 valence electrons. The van der Waals surface area contributed by atoms with Crippen molar-refractivity contribution in [3.63, 3.8) is 0 Å². The lowest BCUT2D eigenvalue weighted by atomic mass is 9.98. The van der Waals surface area contributed by atoms with Gasteiger partial charge in [0.2, 0.25) is 0 Å². The van der Waals surface area contributed by atoms with Crippen LogP contribution in [0.25, 0.3) is 0 Å². The van der Waals surface area contributed by atoms with Crippen molar-refractivity contribution < 1.29 is 14.3 Å². The van der Waals surface area contributed by atoms with Gasteiger partial charge in [0.05, 0.1) is 6.61 Å². The quantitative estimate of drug-likeness (QED) is 0.710. The molecule has 0 aromatic heterocycles. The second kappa shape index (κ2) is 8.23. The number of nitrogens with zero attached hydrogens (tertiary/aromatic N) is 3. The van der Waals surface area contributed by atoms with Crippen LogP contribution in [0.2, 0.25) is 0 Å². The molecule has 2 heterocycles. The topological polar surface area (TPSA) is 45.3 Å². The first kappa shape index (κ1) is 20.5. The number of carbonyl (C=O) groups is 1. The summed E-state index contributed by atoms with van der Waals surface area (Å²) in [6, 6.07) is 0.496. The van der Waals surface area contributed by atoms with Gasteiger partial charge in [-0.2, -0.15) is 0 Å². The highest BCUT2D eigenvalue weighted by Gasteiger charge is 2.47. The molecule has 1 unspecified atom stereocenters. The summed E-state index contributed by atoms with van der Waals surface area (Å²) < 4.78 is 11.7. The maximum absolute atomic E-state index is 12.2. The average molecular weight is 356 g/mol. The number of hydrogen-bond acceptors (Lipinski definition) is 5. The van der Waals surface area contributed by atoms with Crippen molar-refractivity contribution in [2.24, 2.45) is 0 Å². The summed E-state index contributed by atoms with van der Waals surface area (Å²) in [6.45, 7) is 9.08. The van der Waals surface area contributed by atoms with Crippen LogP contribution < -0.4 is 0 Å². The summed E-state index contributed by atoms with van der Waals surface area (Å²) in [5.74, 6) is 0. The maximum Gasteiger partial charge on any atom is 0.410 e. The van der Waals surface area contributed by atoms with Gasteiger partial charge in [0.15, 0.2) is 0 Å². The number of rotatable bonds is 5. The molecule has 2 rings (SSSR count). The van der Waals surface area contributed by atoms with E-state index in [1.807, 2.05) is 25.7 Å². The third-order valence-corrected chi connectivity index (χ3v) is 5.32. The Morgan fingerprint density at radius 1 is 1.24 bits per heavy atom. The maximum atomic E-state index is 12.2. The first-order valence-corrected chi connectivity index (χ1v) is 9.62. The molecule has 6 heteroatoms. The molecule has 0 aromatic carbocycles. The molecule has 2 aliphatic heterocycles. The number of ether oxygens (including phenoxy) is 2. The molecule has 1 atom stereocenters. The van der Waals surface area contributed by atoms with E-state index in [1.165, 1.54) is 19.3 Å². The fraction of sp³-hybridized carbons (Fsp3) is 0.947. The zero-order chi connectivity index (χ0) is 18.7. The molecule has 2 aliphatic rings. The van der Waals surface area contributed by atoms with Gasteiger partial charge in [-0.15, -0.1) is 0 Å². The minimum absolute atomic E-state index is 0.190. The van der Waals surface area contributed by atoms with E-state index in [0.29, 0.717) is 19.1 Å². The Morgan fingerprint density at radius 3 is 2.44 bits per heavy atom. The fourth-order valence-electron chi connectivity index (χ4n) is 3.74. The largest absolute Gasteiger partial charge is 0.444 e. The molecular weight excluding hydrogens is 318 g/mol. The predicted molar refractivity (Wildman–Crippen MR) is 99.7 cm³/mol. The highest BCUT2D eigenvalue weighted by molar-refractivity contribution is 5.68. The number of unbranched alkanes of at least 4 members (excludes halogenated alkanes) is 1. The van der Waals surface area contributed by atoms with Crippen LogP contribution in [-0.4, -0.2) is 85.5 Å². The minimum atomic E-state index is -0.440. The Hall–Kier alpha value is -0.850. The fourth-order valence-corrected chi connectivity index (χ4v) is 3.74. The van der Waals surface area contributed by atoms with E-state index in [-0.39, 0.29) is 11.8 Å².